The Morgan fingerprint density at radius 2 is 2.06 bits per heavy atom. The lowest BCUT2D eigenvalue weighted by Crippen LogP contribution is -2.33. The Balaban J connectivity index is 1.99. The van der Waals surface area contributed by atoms with E-state index in [0.717, 1.165) is 25.7 Å². The molecule has 0 heterocycles. The van der Waals surface area contributed by atoms with Crippen LogP contribution < -0.4 is 11.1 Å². The molecule has 0 atom stereocenters. The first-order valence-corrected chi connectivity index (χ1v) is 5.60. The van der Waals surface area contributed by atoms with Gasteiger partial charge in [0.2, 0.25) is 0 Å². The van der Waals surface area contributed by atoms with Crippen LogP contribution in [0.15, 0.2) is 18.2 Å². The smallest absolute Gasteiger partial charge is 0.125 e. The van der Waals surface area contributed by atoms with Crippen LogP contribution in [0, 0.1) is 5.82 Å². The maximum atomic E-state index is 12.8. The molecule has 4 heteroatoms. The van der Waals surface area contributed by atoms with Gasteiger partial charge in [-0.15, -0.1) is 0 Å². The molecule has 1 aliphatic rings. The van der Waals surface area contributed by atoms with Gasteiger partial charge in [0, 0.05) is 6.54 Å². The zero-order valence-corrected chi connectivity index (χ0v) is 9.17. The third kappa shape index (κ3) is 2.44. The lowest BCUT2D eigenvalue weighted by molar-refractivity contribution is 0.0615. The van der Waals surface area contributed by atoms with Crippen molar-refractivity contribution in [3.8, 4) is 0 Å². The van der Waals surface area contributed by atoms with Crippen LogP contribution in [-0.4, -0.2) is 17.3 Å². The van der Waals surface area contributed by atoms with Gasteiger partial charge in [-0.05, 0) is 31.0 Å². The molecular weight excluding hydrogens is 207 g/mol. The maximum Gasteiger partial charge on any atom is 0.125 e. The largest absolute Gasteiger partial charge is 0.397 e. The standard InChI is InChI=1S/C12H17FN2O/c13-9-3-4-11(10(14)7-9)15-8-12(16)5-1-2-6-12/h3-4,7,15-16H,1-2,5-6,8,14H2. The summed E-state index contributed by atoms with van der Waals surface area (Å²) in [6.07, 6.45) is 3.77. The van der Waals surface area contributed by atoms with E-state index in [2.05, 4.69) is 5.32 Å². The molecular formula is C12H17FN2O. The highest BCUT2D eigenvalue weighted by Crippen LogP contribution is 2.30. The van der Waals surface area contributed by atoms with Gasteiger partial charge in [0.25, 0.3) is 0 Å². The molecule has 0 bridgehead atoms. The molecule has 3 nitrogen and oxygen atoms in total. The summed E-state index contributed by atoms with van der Waals surface area (Å²) in [6, 6.07) is 4.24. The van der Waals surface area contributed by atoms with Crippen molar-refractivity contribution < 1.29 is 9.50 Å². The molecule has 0 saturated heterocycles. The number of nitrogen functional groups attached to an aromatic ring is 1. The van der Waals surface area contributed by atoms with Crippen LogP contribution >= 0.6 is 0 Å². The highest BCUT2D eigenvalue weighted by Gasteiger charge is 2.30. The normalized spacial score (nSPS) is 18.6. The van der Waals surface area contributed by atoms with E-state index < -0.39 is 5.60 Å². The molecule has 1 aliphatic carbocycles. The lowest BCUT2D eigenvalue weighted by Gasteiger charge is -2.23. The molecule has 1 saturated carbocycles. The summed E-state index contributed by atoms with van der Waals surface area (Å²) in [5.74, 6) is -0.345. The Labute approximate surface area is 94.5 Å². The van der Waals surface area contributed by atoms with Crippen molar-refractivity contribution in [2.45, 2.75) is 31.3 Å². The van der Waals surface area contributed by atoms with Gasteiger partial charge < -0.3 is 16.2 Å². The highest BCUT2D eigenvalue weighted by molar-refractivity contribution is 5.65. The fourth-order valence-electron chi connectivity index (χ4n) is 2.16. The first-order chi connectivity index (χ1) is 7.59. The number of hydrogen-bond donors (Lipinski definition) is 3. The SMILES string of the molecule is Nc1cc(F)ccc1NCC1(O)CCCC1. The molecule has 16 heavy (non-hydrogen) atoms. The Hall–Kier alpha value is -1.29. The summed E-state index contributed by atoms with van der Waals surface area (Å²) in [5, 5.41) is 13.2. The Bertz CT molecular complexity index is 375. The van der Waals surface area contributed by atoms with E-state index >= 15 is 0 Å². The van der Waals surface area contributed by atoms with Gasteiger partial charge in [0.1, 0.15) is 5.82 Å². The fraction of sp³-hybridized carbons (Fsp3) is 0.500. The second kappa shape index (κ2) is 4.29. The first kappa shape index (κ1) is 11.2. The number of nitrogens with one attached hydrogen (secondary N) is 1. The van der Waals surface area contributed by atoms with Crippen molar-refractivity contribution in [2.75, 3.05) is 17.6 Å². The van der Waals surface area contributed by atoms with Crippen molar-refractivity contribution in [3.05, 3.63) is 24.0 Å². The van der Waals surface area contributed by atoms with Gasteiger partial charge >= 0.3 is 0 Å². The molecule has 0 radical (unpaired) electrons. The van der Waals surface area contributed by atoms with Gasteiger partial charge in [0.05, 0.1) is 17.0 Å². The molecule has 0 aliphatic heterocycles. The Morgan fingerprint density at radius 1 is 1.38 bits per heavy atom. The van der Waals surface area contributed by atoms with Crippen molar-refractivity contribution in [2.24, 2.45) is 0 Å². The number of rotatable bonds is 3. The molecule has 1 aromatic carbocycles. The molecule has 0 aromatic heterocycles. The average Bonchev–Trinajstić information content (AvgIpc) is 2.64. The Morgan fingerprint density at radius 3 is 2.69 bits per heavy atom. The predicted molar refractivity (Wildman–Crippen MR) is 62.7 cm³/mol. The van der Waals surface area contributed by atoms with Crippen LogP contribution in [0.25, 0.3) is 0 Å². The van der Waals surface area contributed by atoms with Gasteiger partial charge in [-0.1, -0.05) is 12.8 Å². The van der Waals surface area contributed by atoms with Gasteiger partial charge in [-0.2, -0.15) is 0 Å². The zero-order valence-electron chi connectivity index (χ0n) is 9.17. The van der Waals surface area contributed by atoms with Crippen molar-refractivity contribution in [3.63, 3.8) is 0 Å². The number of nitrogens with two attached hydrogens (primary N) is 1. The van der Waals surface area contributed by atoms with Crippen LogP contribution in [0.5, 0.6) is 0 Å². The number of aliphatic hydroxyl groups is 1. The summed E-state index contributed by atoms with van der Waals surface area (Å²) in [7, 11) is 0. The highest BCUT2D eigenvalue weighted by atomic mass is 19.1. The summed E-state index contributed by atoms with van der Waals surface area (Å²) in [4.78, 5) is 0. The minimum Gasteiger partial charge on any atom is -0.397 e. The monoisotopic (exact) mass is 224 g/mol. The molecule has 0 amide bonds. The molecule has 0 unspecified atom stereocenters. The minimum absolute atomic E-state index is 0.345. The van der Waals surface area contributed by atoms with E-state index in [4.69, 9.17) is 5.73 Å². The maximum absolute atomic E-state index is 12.8. The number of anilines is 2. The second-order valence-electron chi connectivity index (χ2n) is 4.52. The van der Waals surface area contributed by atoms with E-state index in [1.807, 2.05) is 0 Å². The number of benzene rings is 1. The molecule has 88 valence electrons. The molecule has 2 rings (SSSR count). The summed E-state index contributed by atoms with van der Waals surface area (Å²) in [5.41, 5.74) is 6.10. The second-order valence-corrected chi connectivity index (χ2v) is 4.52. The van der Waals surface area contributed by atoms with Crippen LogP contribution in [0.3, 0.4) is 0 Å². The average molecular weight is 224 g/mol. The Kier molecular flexibility index (Phi) is 3.01. The number of hydrogen-bond acceptors (Lipinski definition) is 3. The van der Waals surface area contributed by atoms with Crippen molar-refractivity contribution in [1.82, 2.24) is 0 Å². The molecule has 4 N–H and O–H groups in total. The van der Waals surface area contributed by atoms with E-state index in [-0.39, 0.29) is 5.82 Å². The quantitative estimate of drug-likeness (QED) is 0.689. The van der Waals surface area contributed by atoms with E-state index in [0.29, 0.717) is 17.9 Å². The zero-order chi connectivity index (χ0) is 11.6. The van der Waals surface area contributed by atoms with Crippen LogP contribution in [0.1, 0.15) is 25.7 Å². The lowest BCUT2D eigenvalue weighted by atomic mass is 10.0. The van der Waals surface area contributed by atoms with E-state index in [1.54, 1.807) is 6.07 Å². The fourth-order valence-corrected chi connectivity index (χ4v) is 2.16. The third-order valence-electron chi connectivity index (χ3n) is 3.16. The summed E-state index contributed by atoms with van der Waals surface area (Å²) >= 11 is 0. The molecule has 1 fully saturated rings. The van der Waals surface area contributed by atoms with Crippen molar-refractivity contribution >= 4 is 11.4 Å². The van der Waals surface area contributed by atoms with Crippen LogP contribution in [0.4, 0.5) is 15.8 Å². The van der Waals surface area contributed by atoms with Crippen molar-refractivity contribution in [1.29, 1.82) is 0 Å². The summed E-state index contributed by atoms with van der Waals surface area (Å²) < 4.78 is 12.8. The third-order valence-corrected chi connectivity index (χ3v) is 3.16. The molecule has 1 aromatic rings. The summed E-state index contributed by atoms with van der Waals surface area (Å²) in [6.45, 7) is 0.475. The van der Waals surface area contributed by atoms with Gasteiger partial charge in [-0.25, -0.2) is 4.39 Å². The van der Waals surface area contributed by atoms with Gasteiger partial charge in [-0.3, -0.25) is 0 Å². The number of halogens is 1. The van der Waals surface area contributed by atoms with E-state index in [1.165, 1.54) is 12.1 Å². The van der Waals surface area contributed by atoms with Crippen LogP contribution in [-0.2, 0) is 0 Å². The van der Waals surface area contributed by atoms with E-state index in [9.17, 15) is 9.50 Å². The topological polar surface area (TPSA) is 58.3 Å². The van der Waals surface area contributed by atoms with Crippen LogP contribution in [0.2, 0.25) is 0 Å². The van der Waals surface area contributed by atoms with Gasteiger partial charge in [0.15, 0.2) is 0 Å². The minimum atomic E-state index is -0.624. The molecule has 0 spiro atoms. The predicted octanol–water partition coefficient (Wildman–Crippen LogP) is 2.12. The first-order valence-electron chi connectivity index (χ1n) is 5.60.